The van der Waals surface area contributed by atoms with E-state index >= 15 is 0 Å². The molecule has 0 heterocycles. The maximum absolute atomic E-state index is 13.3. The first-order valence-corrected chi connectivity index (χ1v) is 12.9. The molecule has 33 heavy (non-hydrogen) atoms. The maximum Gasteiger partial charge on any atom is 0.316 e. The second kappa shape index (κ2) is 14.3. The summed E-state index contributed by atoms with van der Waals surface area (Å²) in [5, 5.41) is 0. The molecule has 1 aromatic carbocycles. The Morgan fingerprint density at radius 3 is 2.21 bits per heavy atom. The second-order valence-electron chi connectivity index (χ2n) is 9.18. The van der Waals surface area contributed by atoms with Crippen molar-refractivity contribution < 1.29 is 28.6 Å². The maximum atomic E-state index is 13.3. The predicted octanol–water partition coefficient (Wildman–Crippen LogP) is 5.25. The minimum Gasteiger partial charge on any atom is -0.466 e. The molecule has 0 aromatic heterocycles. The number of unbranched alkanes of at least 4 members (excludes halogenated alkanes) is 2. The van der Waals surface area contributed by atoms with Crippen LogP contribution in [-0.4, -0.2) is 48.2 Å². The quantitative estimate of drug-likeness (QED) is 0.204. The van der Waals surface area contributed by atoms with Crippen LogP contribution in [0.3, 0.4) is 0 Å². The van der Waals surface area contributed by atoms with E-state index in [0.29, 0.717) is 25.4 Å². The Bertz CT molecular complexity index is 770. The molecular formula is C26H40O6S. The van der Waals surface area contributed by atoms with Gasteiger partial charge in [0.2, 0.25) is 0 Å². The van der Waals surface area contributed by atoms with Crippen molar-refractivity contribution in [2.75, 3.05) is 24.7 Å². The van der Waals surface area contributed by atoms with Crippen molar-refractivity contribution in [2.24, 2.45) is 0 Å². The van der Waals surface area contributed by atoms with Crippen LogP contribution in [0.15, 0.2) is 24.3 Å². The third-order valence-electron chi connectivity index (χ3n) is 5.06. The van der Waals surface area contributed by atoms with Gasteiger partial charge in [0.15, 0.2) is 0 Å². The molecule has 0 N–H and O–H groups in total. The Morgan fingerprint density at radius 1 is 0.909 bits per heavy atom. The van der Waals surface area contributed by atoms with Gasteiger partial charge in [-0.25, -0.2) is 0 Å². The molecule has 1 rings (SSSR count). The van der Waals surface area contributed by atoms with Crippen LogP contribution in [0.25, 0.3) is 0 Å². The van der Waals surface area contributed by atoms with Crippen molar-refractivity contribution >= 4 is 29.7 Å². The molecule has 0 saturated heterocycles. The number of hydrogen-bond donors (Lipinski definition) is 0. The van der Waals surface area contributed by atoms with Gasteiger partial charge in [-0.3, -0.25) is 14.4 Å². The van der Waals surface area contributed by atoms with E-state index in [0.717, 1.165) is 36.1 Å². The van der Waals surface area contributed by atoms with Crippen molar-refractivity contribution in [2.45, 2.75) is 84.7 Å². The van der Waals surface area contributed by atoms with Crippen LogP contribution in [0.1, 0.15) is 78.4 Å². The molecule has 7 heteroatoms. The molecule has 6 nitrogen and oxygen atoms in total. The highest BCUT2D eigenvalue weighted by atomic mass is 32.2. The summed E-state index contributed by atoms with van der Waals surface area (Å²) in [6, 6.07) is 7.58. The molecule has 0 fully saturated rings. The fourth-order valence-corrected chi connectivity index (χ4v) is 4.18. The largest absolute Gasteiger partial charge is 0.466 e. The van der Waals surface area contributed by atoms with Crippen LogP contribution in [0, 0.1) is 0 Å². The summed E-state index contributed by atoms with van der Waals surface area (Å²) in [5.74, 6) is 0.518. The van der Waals surface area contributed by atoms with Gasteiger partial charge in [0.05, 0.1) is 30.8 Å². The molecule has 186 valence electrons. The molecule has 0 amide bonds. The number of benzene rings is 1. The predicted molar refractivity (Wildman–Crippen MR) is 132 cm³/mol. The average molecular weight is 481 g/mol. The van der Waals surface area contributed by atoms with Gasteiger partial charge in [-0.15, -0.1) is 0 Å². The minimum absolute atomic E-state index is 0.170. The van der Waals surface area contributed by atoms with E-state index < -0.39 is 11.0 Å². The number of carbonyl (C=O) groups is 3. The number of carbonyl (C=O) groups excluding carboxylic acids is 3. The first kappa shape index (κ1) is 29.0. The summed E-state index contributed by atoms with van der Waals surface area (Å²) in [7, 11) is 0. The molecule has 0 saturated carbocycles. The van der Waals surface area contributed by atoms with Crippen LogP contribution in [-0.2, 0) is 40.4 Å². The highest BCUT2D eigenvalue weighted by Gasteiger charge is 2.38. The first-order valence-electron chi connectivity index (χ1n) is 11.7. The molecular weight excluding hydrogens is 440 g/mol. The van der Waals surface area contributed by atoms with Gasteiger partial charge in [0, 0.05) is 0 Å². The Kier molecular flexibility index (Phi) is 12.6. The fraction of sp³-hybridized carbons (Fsp3) is 0.654. The van der Waals surface area contributed by atoms with Gasteiger partial charge in [-0.1, -0.05) is 37.1 Å². The van der Waals surface area contributed by atoms with Gasteiger partial charge in [-0.2, -0.15) is 11.8 Å². The lowest BCUT2D eigenvalue weighted by Crippen LogP contribution is -2.39. The van der Waals surface area contributed by atoms with Gasteiger partial charge in [-0.05, 0) is 71.3 Å². The van der Waals surface area contributed by atoms with Gasteiger partial charge < -0.3 is 14.2 Å². The molecule has 1 atom stereocenters. The van der Waals surface area contributed by atoms with Crippen LogP contribution in [0.2, 0.25) is 0 Å². The van der Waals surface area contributed by atoms with Crippen molar-refractivity contribution in [3.63, 3.8) is 0 Å². The van der Waals surface area contributed by atoms with E-state index in [2.05, 4.69) is 0 Å². The number of hydrogen-bond acceptors (Lipinski definition) is 7. The lowest BCUT2D eigenvalue weighted by molar-refractivity contribution is -0.162. The Balaban J connectivity index is 2.82. The summed E-state index contributed by atoms with van der Waals surface area (Å²) in [4.78, 5) is 36.6. The van der Waals surface area contributed by atoms with E-state index in [1.807, 2.05) is 52.0 Å². The standard InChI is InChI=1S/C26H40O6S/c1-7-30-22(27)18-20-13-12-14-21(17-20)26(6,24(29)32-25(3,4)5)15-10-9-11-16-33-19-23(28)31-8-2/h12-14,17H,7-11,15-16,18-19H2,1-6H3. The topological polar surface area (TPSA) is 78.9 Å². The molecule has 0 aliphatic rings. The van der Waals surface area contributed by atoms with Gasteiger partial charge in [0.25, 0.3) is 0 Å². The number of thioether (sulfide) groups is 1. The van der Waals surface area contributed by atoms with Gasteiger partial charge >= 0.3 is 17.9 Å². The Labute approximate surface area is 203 Å². The van der Waals surface area contributed by atoms with Crippen LogP contribution < -0.4 is 0 Å². The van der Waals surface area contributed by atoms with E-state index in [-0.39, 0.29) is 24.3 Å². The number of ether oxygens (including phenoxy) is 3. The smallest absolute Gasteiger partial charge is 0.316 e. The van der Waals surface area contributed by atoms with Crippen molar-refractivity contribution in [3.05, 3.63) is 35.4 Å². The lowest BCUT2D eigenvalue weighted by atomic mass is 9.77. The molecule has 0 bridgehead atoms. The zero-order valence-electron chi connectivity index (χ0n) is 21.0. The Morgan fingerprint density at radius 2 is 1.58 bits per heavy atom. The normalized spacial score (nSPS) is 13.2. The van der Waals surface area contributed by atoms with Crippen molar-refractivity contribution in [1.29, 1.82) is 0 Å². The molecule has 0 aliphatic carbocycles. The van der Waals surface area contributed by atoms with Crippen LogP contribution >= 0.6 is 11.8 Å². The average Bonchev–Trinajstić information content (AvgIpc) is 2.72. The lowest BCUT2D eigenvalue weighted by Gasteiger charge is -2.32. The first-order chi connectivity index (χ1) is 15.5. The van der Waals surface area contributed by atoms with E-state index in [9.17, 15) is 14.4 Å². The second-order valence-corrected chi connectivity index (χ2v) is 10.3. The summed E-state index contributed by atoms with van der Waals surface area (Å²) in [5.41, 5.74) is 0.243. The minimum atomic E-state index is -0.823. The van der Waals surface area contributed by atoms with E-state index in [1.165, 1.54) is 0 Å². The number of esters is 3. The SMILES string of the molecule is CCOC(=O)CSCCCCCC(C)(C(=O)OC(C)(C)C)c1cccc(CC(=O)OCC)c1. The van der Waals surface area contributed by atoms with Crippen LogP contribution in [0.5, 0.6) is 0 Å². The highest BCUT2D eigenvalue weighted by molar-refractivity contribution is 7.99. The third kappa shape index (κ3) is 11.1. The van der Waals surface area contributed by atoms with E-state index in [1.54, 1.807) is 25.6 Å². The molecule has 0 aliphatic heterocycles. The number of rotatable bonds is 14. The molecule has 1 aromatic rings. The summed E-state index contributed by atoms with van der Waals surface area (Å²) in [6.45, 7) is 11.8. The summed E-state index contributed by atoms with van der Waals surface area (Å²) >= 11 is 1.57. The zero-order chi connectivity index (χ0) is 24.9. The van der Waals surface area contributed by atoms with Crippen LogP contribution in [0.4, 0.5) is 0 Å². The molecule has 1 unspecified atom stereocenters. The zero-order valence-corrected chi connectivity index (χ0v) is 21.8. The molecule has 0 spiro atoms. The molecule has 0 radical (unpaired) electrons. The monoisotopic (exact) mass is 480 g/mol. The van der Waals surface area contributed by atoms with Crippen molar-refractivity contribution in [1.82, 2.24) is 0 Å². The third-order valence-corrected chi connectivity index (χ3v) is 6.08. The summed E-state index contributed by atoms with van der Waals surface area (Å²) < 4.78 is 15.8. The van der Waals surface area contributed by atoms with Crippen molar-refractivity contribution in [3.8, 4) is 0 Å². The highest BCUT2D eigenvalue weighted by Crippen LogP contribution is 2.34. The van der Waals surface area contributed by atoms with E-state index in [4.69, 9.17) is 14.2 Å². The van der Waals surface area contributed by atoms with Gasteiger partial charge in [0.1, 0.15) is 5.60 Å². The summed E-state index contributed by atoms with van der Waals surface area (Å²) in [6.07, 6.45) is 3.54. The fourth-order valence-electron chi connectivity index (χ4n) is 3.38. The Hall–Kier alpha value is -2.02.